The van der Waals surface area contributed by atoms with Gasteiger partial charge in [-0.15, -0.1) is 0 Å². The molecule has 2 fully saturated rings. The largest absolute Gasteiger partial charge is 0.360 e. The first kappa shape index (κ1) is 20.8. The summed E-state index contributed by atoms with van der Waals surface area (Å²) in [5, 5.41) is 3.52. The van der Waals surface area contributed by atoms with Crippen molar-refractivity contribution in [1.82, 2.24) is 24.8 Å². The molecule has 32 heavy (non-hydrogen) atoms. The van der Waals surface area contributed by atoms with Crippen LogP contribution in [0.25, 0.3) is 0 Å². The minimum atomic E-state index is -0.285. The Bertz CT molecular complexity index is 1020. The summed E-state index contributed by atoms with van der Waals surface area (Å²) >= 11 is 0. The zero-order chi connectivity index (χ0) is 22.3. The molecular formula is C24H30N6O2. The van der Waals surface area contributed by atoms with Crippen LogP contribution in [0.3, 0.4) is 0 Å². The minimum Gasteiger partial charge on any atom is -0.360 e. The number of rotatable bonds is 4. The number of pyridine rings is 1. The van der Waals surface area contributed by atoms with Crippen molar-refractivity contribution in [2.24, 2.45) is 5.92 Å². The highest BCUT2D eigenvalue weighted by atomic mass is 16.2. The average Bonchev–Trinajstić information content (AvgIpc) is 3.27. The molecule has 2 aliphatic heterocycles. The van der Waals surface area contributed by atoms with Crippen molar-refractivity contribution in [3.05, 3.63) is 47.7 Å². The number of likely N-dealkylation sites (N-methyl/N-ethyl adjacent to an activating group) is 1. The first-order valence-electron chi connectivity index (χ1n) is 11.5. The number of aromatic nitrogens is 3. The van der Waals surface area contributed by atoms with Crippen LogP contribution < -0.4 is 5.32 Å². The number of fused-ring (bicyclic) bond motifs is 1. The Morgan fingerprint density at radius 1 is 1.19 bits per heavy atom. The van der Waals surface area contributed by atoms with Gasteiger partial charge in [-0.2, -0.15) is 0 Å². The highest BCUT2D eigenvalue weighted by Crippen LogP contribution is 2.36. The quantitative estimate of drug-likeness (QED) is 0.795. The van der Waals surface area contributed by atoms with E-state index < -0.39 is 0 Å². The molecule has 168 valence electrons. The second-order valence-electron chi connectivity index (χ2n) is 9.59. The molecule has 8 nitrogen and oxygen atoms in total. The summed E-state index contributed by atoms with van der Waals surface area (Å²) in [5.41, 5.74) is 2.41. The molecule has 1 N–H and O–H groups in total. The number of nitrogens with one attached hydrogen (secondary N) is 1. The first-order valence-corrected chi connectivity index (χ1v) is 11.5. The number of hydrogen-bond acceptors (Lipinski definition) is 6. The molecule has 0 spiro atoms. The molecule has 8 heteroatoms. The highest BCUT2D eigenvalue weighted by molar-refractivity contribution is 5.94. The number of aryl methyl sites for hydroxylation is 1. The van der Waals surface area contributed by atoms with E-state index in [9.17, 15) is 9.59 Å². The van der Waals surface area contributed by atoms with Gasteiger partial charge in [0.1, 0.15) is 12.1 Å². The van der Waals surface area contributed by atoms with Gasteiger partial charge in [-0.3, -0.25) is 9.59 Å². The van der Waals surface area contributed by atoms with E-state index in [1.54, 1.807) is 6.20 Å². The SMILES string of the molecule is CN(C(=O)C1CCC1)[C@H]1CCN(C(=O)c2cnc3c(c2)CC[C@](C)(c2cncnc2)N3)C1. The van der Waals surface area contributed by atoms with E-state index in [0.717, 1.165) is 55.5 Å². The van der Waals surface area contributed by atoms with Crippen LogP contribution in [0.5, 0.6) is 0 Å². The summed E-state index contributed by atoms with van der Waals surface area (Å²) in [6.07, 6.45) is 12.5. The maximum Gasteiger partial charge on any atom is 0.255 e. The standard InChI is InChI=1S/C24H30N6O2/c1-24(19-12-25-15-26-13-19)8-6-17-10-18(11-27-21(17)28-24)23(32)30-9-7-20(14-30)29(2)22(31)16-4-3-5-16/h10-13,15-16,20H,3-9,14H2,1-2H3,(H,27,28)/t20-,24+/m0/s1. The van der Waals surface area contributed by atoms with E-state index in [1.807, 2.05) is 35.3 Å². The maximum atomic E-state index is 13.2. The molecule has 1 aliphatic carbocycles. The van der Waals surface area contributed by atoms with Crippen LogP contribution in [0, 0.1) is 5.92 Å². The maximum absolute atomic E-state index is 13.2. The smallest absolute Gasteiger partial charge is 0.255 e. The topological polar surface area (TPSA) is 91.3 Å². The lowest BCUT2D eigenvalue weighted by atomic mass is 9.84. The van der Waals surface area contributed by atoms with Crippen molar-refractivity contribution in [2.45, 2.75) is 57.0 Å². The second-order valence-corrected chi connectivity index (χ2v) is 9.59. The van der Waals surface area contributed by atoms with E-state index in [2.05, 4.69) is 27.2 Å². The monoisotopic (exact) mass is 434 g/mol. The lowest BCUT2D eigenvalue weighted by molar-refractivity contribution is -0.138. The van der Waals surface area contributed by atoms with Gasteiger partial charge in [-0.1, -0.05) is 6.42 Å². The van der Waals surface area contributed by atoms with Gasteiger partial charge < -0.3 is 15.1 Å². The van der Waals surface area contributed by atoms with Gasteiger partial charge >= 0.3 is 0 Å². The van der Waals surface area contributed by atoms with Crippen molar-refractivity contribution in [3.63, 3.8) is 0 Å². The molecule has 0 unspecified atom stereocenters. The second kappa shape index (κ2) is 8.15. The summed E-state index contributed by atoms with van der Waals surface area (Å²) in [7, 11) is 1.89. The van der Waals surface area contributed by atoms with Crippen molar-refractivity contribution in [2.75, 3.05) is 25.5 Å². The van der Waals surface area contributed by atoms with Crippen LogP contribution >= 0.6 is 0 Å². The fourth-order valence-electron chi connectivity index (χ4n) is 4.99. The summed E-state index contributed by atoms with van der Waals surface area (Å²) < 4.78 is 0. The number of nitrogens with zero attached hydrogens (tertiary/aromatic N) is 5. The average molecular weight is 435 g/mol. The van der Waals surface area contributed by atoms with Crippen LogP contribution in [-0.2, 0) is 16.8 Å². The van der Waals surface area contributed by atoms with Crippen molar-refractivity contribution >= 4 is 17.6 Å². The van der Waals surface area contributed by atoms with Crippen LogP contribution in [0.15, 0.2) is 31.0 Å². The summed E-state index contributed by atoms with van der Waals surface area (Å²) in [5.74, 6) is 1.24. The molecule has 3 aliphatic rings. The van der Waals surface area contributed by atoms with Crippen molar-refractivity contribution in [3.8, 4) is 0 Å². The van der Waals surface area contributed by atoms with Gasteiger partial charge in [0.05, 0.1) is 17.1 Å². The normalized spacial score (nSPS) is 24.9. The first-order chi connectivity index (χ1) is 15.4. The summed E-state index contributed by atoms with van der Waals surface area (Å²) in [6, 6.07) is 2.07. The highest BCUT2D eigenvalue weighted by Gasteiger charge is 2.36. The molecule has 0 aromatic carbocycles. The fraction of sp³-hybridized carbons (Fsp3) is 0.542. The Kier molecular flexibility index (Phi) is 5.31. The number of carbonyl (C=O) groups excluding carboxylic acids is 2. The Morgan fingerprint density at radius 2 is 1.97 bits per heavy atom. The van der Waals surface area contributed by atoms with Crippen molar-refractivity contribution in [1.29, 1.82) is 0 Å². The zero-order valence-corrected chi connectivity index (χ0v) is 18.8. The van der Waals surface area contributed by atoms with Gasteiger partial charge in [0.25, 0.3) is 5.91 Å². The van der Waals surface area contributed by atoms with E-state index in [0.29, 0.717) is 18.7 Å². The molecular weight excluding hydrogens is 404 g/mol. The third kappa shape index (κ3) is 3.72. The van der Waals surface area contributed by atoms with Gasteiger partial charge in [0.15, 0.2) is 0 Å². The van der Waals surface area contributed by atoms with Crippen LogP contribution in [0.4, 0.5) is 5.82 Å². The Balaban J connectivity index is 1.26. The lowest BCUT2D eigenvalue weighted by Gasteiger charge is -2.36. The van der Waals surface area contributed by atoms with Crippen LogP contribution in [-0.4, -0.2) is 62.7 Å². The minimum absolute atomic E-state index is 0.00270. The summed E-state index contributed by atoms with van der Waals surface area (Å²) in [6.45, 7) is 3.39. The molecule has 1 saturated carbocycles. The number of carbonyl (C=O) groups is 2. The molecule has 0 radical (unpaired) electrons. The molecule has 5 rings (SSSR count). The lowest BCUT2D eigenvalue weighted by Crippen LogP contribution is -2.44. The third-order valence-corrected chi connectivity index (χ3v) is 7.50. The molecule has 2 amide bonds. The molecule has 2 atom stereocenters. The summed E-state index contributed by atoms with van der Waals surface area (Å²) in [4.78, 5) is 42.4. The zero-order valence-electron chi connectivity index (χ0n) is 18.8. The van der Waals surface area contributed by atoms with Gasteiger partial charge in [0, 0.05) is 50.2 Å². The van der Waals surface area contributed by atoms with E-state index in [-0.39, 0.29) is 29.3 Å². The predicted octanol–water partition coefficient (Wildman–Crippen LogP) is 2.62. The van der Waals surface area contributed by atoms with Crippen LogP contribution in [0.2, 0.25) is 0 Å². The molecule has 2 aromatic rings. The Hall–Kier alpha value is -3.03. The van der Waals surface area contributed by atoms with E-state index >= 15 is 0 Å². The van der Waals surface area contributed by atoms with Gasteiger partial charge in [0.2, 0.25) is 5.91 Å². The van der Waals surface area contributed by atoms with E-state index in [1.165, 1.54) is 6.33 Å². The van der Waals surface area contributed by atoms with Gasteiger partial charge in [-0.05, 0) is 50.7 Å². The number of likely N-dealkylation sites (tertiary alicyclic amines) is 1. The number of amides is 2. The molecule has 0 bridgehead atoms. The Labute approximate surface area is 188 Å². The fourth-order valence-corrected chi connectivity index (χ4v) is 4.99. The van der Waals surface area contributed by atoms with Gasteiger partial charge in [-0.25, -0.2) is 15.0 Å². The molecule has 1 saturated heterocycles. The van der Waals surface area contributed by atoms with Crippen LogP contribution in [0.1, 0.15) is 60.5 Å². The molecule has 2 aromatic heterocycles. The predicted molar refractivity (Wildman–Crippen MR) is 120 cm³/mol. The Morgan fingerprint density at radius 3 is 2.69 bits per heavy atom. The number of anilines is 1. The number of hydrogen-bond donors (Lipinski definition) is 1. The third-order valence-electron chi connectivity index (χ3n) is 7.50. The molecule has 4 heterocycles. The van der Waals surface area contributed by atoms with E-state index in [4.69, 9.17) is 0 Å². The van der Waals surface area contributed by atoms with Crippen molar-refractivity contribution < 1.29 is 9.59 Å².